The van der Waals surface area contributed by atoms with E-state index in [4.69, 9.17) is 0 Å². The van der Waals surface area contributed by atoms with Gasteiger partial charge in [-0.15, -0.1) is 24.0 Å². The molecule has 166 valence electrons. The molecule has 2 N–H and O–H groups in total. The van der Waals surface area contributed by atoms with Gasteiger partial charge in [0.25, 0.3) is 0 Å². The summed E-state index contributed by atoms with van der Waals surface area (Å²) in [6, 6.07) is 4.75. The van der Waals surface area contributed by atoms with Crippen LogP contribution in [0.25, 0.3) is 0 Å². The predicted octanol–water partition coefficient (Wildman–Crippen LogP) is 3.87. The molecule has 1 unspecified atom stereocenters. The molecule has 0 saturated carbocycles. The van der Waals surface area contributed by atoms with Gasteiger partial charge in [0.05, 0.1) is 0 Å². The van der Waals surface area contributed by atoms with Gasteiger partial charge in [-0.05, 0) is 31.5 Å². The summed E-state index contributed by atoms with van der Waals surface area (Å²) in [5.41, 5.74) is 1.18. The van der Waals surface area contributed by atoms with Crippen molar-refractivity contribution in [2.24, 2.45) is 4.99 Å². The second kappa shape index (κ2) is 14.8. The maximum absolute atomic E-state index is 4.68. The highest BCUT2D eigenvalue weighted by molar-refractivity contribution is 14.0. The van der Waals surface area contributed by atoms with Gasteiger partial charge in [-0.25, -0.2) is 4.98 Å². The molecule has 1 aliphatic rings. The van der Waals surface area contributed by atoms with Crippen LogP contribution in [0.4, 0.5) is 5.82 Å². The monoisotopic (exact) mass is 516 g/mol. The maximum Gasteiger partial charge on any atom is 0.191 e. The second-order valence-electron chi connectivity index (χ2n) is 7.77. The average Bonchev–Trinajstić information content (AvgIpc) is 2.74. The van der Waals surface area contributed by atoms with Gasteiger partial charge < -0.3 is 20.4 Å². The number of unbranched alkanes of at least 4 members (excludes halogenated alkanes) is 3. The number of anilines is 1. The molecule has 7 heteroatoms. The Morgan fingerprint density at radius 2 is 1.90 bits per heavy atom. The van der Waals surface area contributed by atoms with E-state index in [1.807, 2.05) is 13.2 Å². The largest absolute Gasteiger partial charge is 0.354 e. The van der Waals surface area contributed by atoms with Crippen molar-refractivity contribution in [1.29, 1.82) is 0 Å². The Bertz CT molecular complexity index is 569. The van der Waals surface area contributed by atoms with Crippen LogP contribution in [0.1, 0.15) is 58.4 Å². The van der Waals surface area contributed by atoms with Gasteiger partial charge in [0.1, 0.15) is 5.82 Å². The molecule has 0 amide bonds. The highest BCUT2D eigenvalue weighted by atomic mass is 127. The van der Waals surface area contributed by atoms with Crippen molar-refractivity contribution in [1.82, 2.24) is 20.5 Å². The fourth-order valence-corrected chi connectivity index (χ4v) is 3.56. The Morgan fingerprint density at radius 3 is 2.48 bits per heavy atom. The number of likely N-dealkylation sites (N-methyl/N-ethyl adjacent to an activating group) is 1. The van der Waals surface area contributed by atoms with Crippen LogP contribution in [0.15, 0.2) is 23.3 Å². The molecule has 1 atom stereocenters. The first-order chi connectivity index (χ1) is 13.7. The van der Waals surface area contributed by atoms with Crippen LogP contribution in [0.3, 0.4) is 0 Å². The van der Waals surface area contributed by atoms with Crippen LogP contribution in [0, 0.1) is 0 Å². The molecule has 1 aromatic heterocycles. The van der Waals surface area contributed by atoms with E-state index >= 15 is 0 Å². The van der Waals surface area contributed by atoms with E-state index < -0.39 is 0 Å². The fourth-order valence-electron chi connectivity index (χ4n) is 3.56. The summed E-state index contributed by atoms with van der Waals surface area (Å²) in [5.74, 6) is 1.95. The Balaban J connectivity index is 0.00000420. The number of guanidine groups is 1. The summed E-state index contributed by atoms with van der Waals surface area (Å²) in [5, 5.41) is 6.90. The smallest absolute Gasteiger partial charge is 0.191 e. The van der Waals surface area contributed by atoms with Gasteiger partial charge in [0, 0.05) is 52.0 Å². The summed E-state index contributed by atoms with van der Waals surface area (Å²) in [6.07, 6.45) is 8.37. The van der Waals surface area contributed by atoms with Crippen molar-refractivity contribution >= 4 is 35.8 Å². The van der Waals surface area contributed by atoms with Crippen molar-refractivity contribution in [3.63, 3.8) is 0 Å². The molecule has 0 spiro atoms. The lowest BCUT2D eigenvalue weighted by molar-refractivity contribution is 0.270. The van der Waals surface area contributed by atoms with Crippen LogP contribution < -0.4 is 15.5 Å². The Kier molecular flexibility index (Phi) is 13.3. The van der Waals surface area contributed by atoms with E-state index in [1.54, 1.807) is 0 Å². The van der Waals surface area contributed by atoms with Crippen molar-refractivity contribution < 1.29 is 0 Å². The second-order valence-corrected chi connectivity index (χ2v) is 7.77. The van der Waals surface area contributed by atoms with E-state index in [9.17, 15) is 0 Å². The molecule has 6 nitrogen and oxygen atoms in total. The van der Waals surface area contributed by atoms with Gasteiger partial charge in [-0.1, -0.05) is 45.6 Å². The predicted molar refractivity (Wildman–Crippen MR) is 136 cm³/mol. The van der Waals surface area contributed by atoms with Gasteiger partial charge in [0.2, 0.25) is 0 Å². The number of nitrogens with one attached hydrogen (secondary N) is 2. The molecular weight excluding hydrogens is 475 g/mol. The van der Waals surface area contributed by atoms with Crippen LogP contribution in [0.5, 0.6) is 0 Å². The number of aliphatic imine (C=N–C) groups is 1. The first-order valence-corrected chi connectivity index (χ1v) is 11.1. The number of aromatic nitrogens is 1. The molecule has 2 heterocycles. The number of halogens is 1. The Hall–Kier alpha value is -1.09. The molecule has 1 saturated heterocycles. The normalized spacial score (nSPS) is 16.3. The molecular formula is C22H41IN6. The first kappa shape index (κ1) is 25.9. The summed E-state index contributed by atoms with van der Waals surface area (Å²) >= 11 is 0. The first-order valence-electron chi connectivity index (χ1n) is 11.1. The van der Waals surface area contributed by atoms with Gasteiger partial charge in [-0.3, -0.25) is 4.99 Å². The van der Waals surface area contributed by atoms with Crippen molar-refractivity contribution in [3.05, 3.63) is 23.9 Å². The third kappa shape index (κ3) is 9.51. The van der Waals surface area contributed by atoms with Gasteiger partial charge in [0.15, 0.2) is 5.96 Å². The van der Waals surface area contributed by atoms with Crippen molar-refractivity contribution in [2.45, 2.75) is 65.5 Å². The SMILES string of the molecule is CCCCCCC(C)NC(=NC)NCc1ccc(N2CCN(CC)CC2)nc1.I. The topological polar surface area (TPSA) is 55.8 Å². The third-order valence-corrected chi connectivity index (χ3v) is 5.51. The lowest BCUT2D eigenvalue weighted by Crippen LogP contribution is -2.46. The lowest BCUT2D eigenvalue weighted by Gasteiger charge is -2.34. The fraction of sp³-hybridized carbons (Fsp3) is 0.727. The minimum absolute atomic E-state index is 0. The molecule has 29 heavy (non-hydrogen) atoms. The van der Waals surface area contributed by atoms with Crippen LogP contribution in [-0.4, -0.2) is 61.7 Å². The highest BCUT2D eigenvalue weighted by Crippen LogP contribution is 2.14. The zero-order chi connectivity index (χ0) is 20.2. The van der Waals surface area contributed by atoms with Gasteiger partial charge >= 0.3 is 0 Å². The molecule has 1 fully saturated rings. The van der Waals surface area contributed by atoms with Crippen LogP contribution >= 0.6 is 24.0 Å². The summed E-state index contributed by atoms with van der Waals surface area (Å²) in [6.45, 7) is 13.0. The number of nitrogens with zero attached hydrogens (tertiary/aromatic N) is 4. The maximum atomic E-state index is 4.68. The molecule has 2 rings (SSSR count). The van der Waals surface area contributed by atoms with E-state index in [0.29, 0.717) is 6.04 Å². The highest BCUT2D eigenvalue weighted by Gasteiger charge is 2.16. The number of hydrogen-bond acceptors (Lipinski definition) is 4. The van der Waals surface area contributed by atoms with Crippen LogP contribution in [-0.2, 0) is 6.54 Å². The zero-order valence-corrected chi connectivity index (χ0v) is 21.1. The standard InChI is InChI=1S/C22H40N6.HI/c1-5-7-8-9-10-19(3)26-22(23-4)25-18-20-11-12-21(24-17-20)28-15-13-27(6-2)14-16-28;/h11-12,17,19H,5-10,13-16,18H2,1-4H3,(H2,23,25,26);1H. The summed E-state index contributed by atoms with van der Waals surface area (Å²) in [4.78, 5) is 13.9. The molecule has 0 aliphatic carbocycles. The number of piperazine rings is 1. The Labute approximate surface area is 195 Å². The Morgan fingerprint density at radius 1 is 1.14 bits per heavy atom. The molecule has 0 aromatic carbocycles. The molecule has 1 aromatic rings. The lowest BCUT2D eigenvalue weighted by atomic mass is 10.1. The minimum Gasteiger partial charge on any atom is -0.354 e. The number of rotatable bonds is 10. The van der Waals surface area contributed by atoms with E-state index in [-0.39, 0.29) is 24.0 Å². The van der Waals surface area contributed by atoms with E-state index in [2.05, 4.69) is 63.3 Å². The minimum atomic E-state index is 0. The van der Waals surface area contributed by atoms with Gasteiger partial charge in [-0.2, -0.15) is 0 Å². The number of pyridine rings is 1. The van der Waals surface area contributed by atoms with Crippen molar-refractivity contribution in [3.8, 4) is 0 Å². The molecule has 1 aliphatic heterocycles. The molecule has 0 bridgehead atoms. The summed E-state index contributed by atoms with van der Waals surface area (Å²) in [7, 11) is 1.83. The third-order valence-electron chi connectivity index (χ3n) is 5.51. The summed E-state index contributed by atoms with van der Waals surface area (Å²) < 4.78 is 0. The van der Waals surface area contributed by atoms with Crippen molar-refractivity contribution in [2.75, 3.05) is 44.7 Å². The molecule has 0 radical (unpaired) electrons. The average molecular weight is 517 g/mol. The number of hydrogen-bond donors (Lipinski definition) is 2. The van der Waals surface area contributed by atoms with E-state index in [1.165, 1.54) is 37.7 Å². The van der Waals surface area contributed by atoms with Crippen LogP contribution in [0.2, 0.25) is 0 Å². The quantitative estimate of drug-likeness (QED) is 0.214. The zero-order valence-electron chi connectivity index (χ0n) is 18.8. The van der Waals surface area contributed by atoms with E-state index in [0.717, 1.165) is 51.0 Å².